The maximum atomic E-state index is 10.1. The molecule has 0 aromatic heterocycles. The normalized spacial score (nSPS) is 10.5. The minimum absolute atomic E-state index is 0.294. The lowest BCUT2D eigenvalue weighted by atomic mass is 10.0. The molecule has 0 saturated heterocycles. The Hall–Kier alpha value is -2.36. The molecule has 0 bridgehead atoms. The van der Waals surface area contributed by atoms with E-state index in [0.29, 0.717) is 31.3 Å². The predicted octanol–water partition coefficient (Wildman–Crippen LogP) is 4.76. The second-order valence-electron chi connectivity index (χ2n) is 5.71. The summed E-state index contributed by atoms with van der Waals surface area (Å²) in [6.07, 6.45) is 2.61. The van der Waals surface area contributed by atoms with Crippen LogP contribution in [0.5, 0.6) is 23.0 Å². The van der Waals surface area contributed by atoms with Gasteiger partial charge in [0.05, 0.1) is 19.8 Å². The molecular weight excluding hydrogens is 316 g/mol. The van der Waals surface area contributed by atoms with E-state index in [4.69, 9.17) is 14.2 Å². The molecule has 0 radical (unpaired) electrons. The van der Waals surface area contributed by atoms with E-state index in [1.807, 2.05) is 45.0 Å². The zero-order chi connectivity index (χ0) is 18.1. The van der Waals surface area contributed by atoms with Gasteiger partial charge in [-0.1, -0.05) is 12.1 Å². The summed E-state index contributed by atoms with van der Waals surface area (Å²) in [4.78, 5) is 0. The van der Waals surface area contributed by atoms with Crippen LogP contribution in [-0.2, 0) is 12.8 Å². The average molecular weight is 344 g/mol. The van der Waals surface area contributed by atoms with Gasteiger partial charge in [0.15, 0.2) is 0 Å². The van der Waals surface area contributed by atoms with E-state index in [2.05, 4.69) is 6.07 Å². The van der Waals surface area contributed by atoms with Crippen molar-refractivity contribution in [2.24, 2.45) is 0 Å². The van der Waals surface area contributed by atoms with Crippen LogP contribution < -0.4 is 14.2 Å². The standard InChI is InChI=1S/C21H28O4/c1-4-23-18-12-10-16(20(22)14-18)8-7-9-17-11-13-19(24-5-2)15-21(17)25-6-3/h10-15,22H,4-9H2,1-3H3. The molecule has 2 aromatic carbocycles. The highest BCUT2D eigenvalue weighted by atomic mass is 16.5. The Morgan fingerprint density at radius 1 is 0.720 bits per heavy atom. The zero-order valence-electron chi connectivity index (χ0n) is 15.4. The van der Waals surface area contributed by atoms with E-state index in [0.717, 1.165) is 41.9 Å². The molecule has 0 heterocycles. The van der Waals surface area contributed by atoms with Crippen molar-refractivity contribution in [2.45, 2.75) is 40.0 Å². The average Bonchev–Trinajstić information content (AvgIpc) is 2.59. The van der Waals surface area contributed by atoms with Gasteiger partial charge in [0.2, 0.25) is 0 Å². The highest BCUT2D eigenvalue weighted by Crippen LogP contribution is 2.28. The Morgan fingerprint density at radius 3 is 1.88 bits per heavy atom. The van der Waals surface area contributed by atoms with Gasteiger partial charge in [-0.3, -0.25) is 0 Å². The fraction of sp³-hybridized carbons (Fsp3) is 0.429. The third-order valence-electron chi connectivity index (χ3n) is 3.91. The minimum atomic E-state index is 0.294. The number of phenolic OH excluding ortho intramolecular Hbond substituents is 1. The van der Waals surface area contributed by atoms with Crippen molar-refractivity contribution in [3.63, 3.8) is 0 Å². The molecule has 0 aliphatic heterocycles. The molecule has 0 unspecified atom stereocenters. The summed E-state index contributed by atoms with van der Waals surface area (Å²) in [5.41, 5.74) is 2.10. The van der Waals surface area contributed by atoms with Crippen LogP contribution in [0.2, 0.25) is 0 Å². The Balaban J connectivity index is 1.99. The molecule has 25 heavy (non-hydrogen) atoms. The lowest BCUT2D eigenvalue weighted by Crippen LogP contribution is -2.00. The van der Waals surface area contributed by atoms with Gasteiger partial charge in [0.1, 0.15) is 23.0 Å². The highest BCUT2D eigenvalue weighted by molar-refractivity contribution is 5.42. The van der Waals surface area contributed by atoms with Crippen molar-refractivity contribution in [3.05, 3.63) is 47.5 Å². The molecule has 2 rings (SSSR count). The largest absolute Gasteiger partial charge is 0.508 e. The van der Waals surface area contributed by atoms with Gasteiger partial charge in [0.25, 0.3) is 0 Å². The van der Waals surface area contributed by atoms with Gasteiger partial charge >= 0.3 is 0 Å². The van der Waals surface area contributed by atoms with Gasteiger partial charge < -0.3 is 19.3 Å². The van der Waals surface area contributed by atoms with Gasteiger partial charge in [-0.05, 0) is 63.3 Å². The maximum absolute atomic E-state index is 10.1. The topological polar surface area (TPSA) is 47.9 Å². The third kappa shape index (κ3) is 5.59. The Bertz CT molecular complexity index is 667. The summed E-state index contributed by atoms with van der Waals surface area (Å²) >= 11 is 0. The second-order valence-corrected chi connectivity index (χ2v) is 5.71. The van der Waals surface area contributed by atoms with E-state index in [9.17, 15) is 5.11 Å². The van der Waals surface area contributed by atoms with Crippen LogP contribution in [-0.4, -0.2) is 24.9 Å². The van der Waals surface area contributed by atoms with E-state index >= 15 is 0 Å². The smallest absolute Gasteiger partial charge is 0.126 e. The van der Waals surface area contributed by atoms with Crippen molar-refractivity contribution in [1.82, 2.24) is 0 Å². The van der Waals surface area contributed by atoms with Gasteiger partial charge in [0, 0.05) is 12.1 Å². The minimum Gasteiger partial charge on any atom is -0.508 e. The number of rotatable bonds is 10. The first kappa shape index (κ1) is 19.0. The van der Waals surface area contributed by atoms with E-state index < -0.39 is 0 Å². The first-order chi connectivity index (χ1) is 12.2. The van der Waals surface area contributed by atoms with E-state index in [1.165, 1.54) is 0 Å². The van der Waals surface area contributed by atoms with Crippen molar-refractivity contribution in [3.8, 4) is 23.0 Å². The highest BCUT2D eigenvalue weighted by Gasteiger charge is 2.08. The van der Waals surface area contributed by atoms with Crippen LogP contribution in [0.15, 0.2) is 36.4 Å². The summed E-state index contributed by atoms with van der Waals surface area (Å²) < 4.78 is 16.7. The Kier molecular flexibility index (Phi) is 7.45. The quantitative estimate of drug-likeness (QED) is 0.675. The first-order valence-electron chi connectivity index (χ1n) is 9.01. The fourth-order valence-electron chi connectivity index (χ4n) is 2.77. The monoisotopic (exact) mass is 344 g/mol. The molecule has 1 N–H and O–H groups in total. The van der Waals surface area contributed by atoms with E-state index in [-0.39, 0.29) is 0 Å². The number of benzene rings is 2. The lowest BCUT2D eigenvalue weighted by molar-refractivity contribution is 0.320. The summed E-state index contributed by atoms with van der Waals surface area (Å²) in [6, 6.07) is 11.5. The van der Waals surface area contributed by atoms with Crippen molar-refractivity contribution < 1.29 is 19.3 Å². The molecule has 0 atom stereocenters. The molecule has 0 spiro atoms. The molecule has 0 amide bonds. The Labute approximate surface area is 150 Å². The number of ether oxygens (including phenoxy) is 3. The van der Waals surface area contributed by atoms with Crippen LogP contribution in [0.25, 0.3) is 0 Å². The molecule has 0 saturated carbocycles. The summed E-state index contributed by atoms with van der Waals surface area (Å²) in [5, 5.41) is 10.1. The molecule has 0 fully saturated rings. The fourth-order valence-corrected chi connectivity index (χ4v) is 2.77. The van der Waals surface area contributed by atoms with Gasteiger partial charge in [-0.25, -0.2) is 0 Å². The SMILES string of the molecule is CCOc1ccc(CCCc2ccc(OCC)cc2OCC)c(O)c1. The van der Waals surface area contributed by atoms with Crippen molar-refractivity contribution >= 4 is 0 Å². The predicted molar refractivity (Wildman–Crippen MR) is 100 cm³/mol. The van der Waals surface area contributed by atoms with Crippen molar-refractivity contribution in [2.75, 3.05) is 19.8 Å². The maximum Gasteiger partial charge on any atom is 0.126 e. The van der Waals surface area contributed by atoms with Gasteiger partial charge in [-0.2, -0.15) is 0 Å². The van der Waals surface area contributed by atoms with E-state index in [1.54, 1.807) is 6.07 Å². The zero-order valence-corrected chi connectivity index (χ0v) is 15.4. The number of hydrogen-bond donors (Lipinski definition) is 1. The summed E-state index contributed by atoms with van der Waals surface area (Å²) in [7, 11) is 0. The molecule has 0 aliphatic carbocycles. The number of aromatic hydroxyl groups is 1. The third-order valence-corrected chi connectivity index (χ3v) is 3.91. The van der Waals surface area contributed by atoms with Crippen LogP contribution in [0.1, 0.15) is 38.3 Å². The van der Waals surface area contributed by atoms with Crippen LogP contribution in [0, 0.1) is 0 Å². The lowest BCUT2D eigenvalue weighted by Gasteiger charge is -2.13. The number of phenols is 1. The van der Waals surface area contributed by atoms with Crippen LogP contribution >= 0.6 is 0 Å². The molecule has 136 valence electrons. The van der Waals surface area contributed by atoms with Crippen molar-refractivity contribution in [1.29, 1.82) is 0 Å². The first-order valence-corrected chi connectivity index (χ1v) is 9.01. The Morgan fingerprint density at radius 2 is 1.28 bits per heavy atom. The molecule has 4 heteroatoms. The molecule has 0 aliphatic rings. The summed E-state index contributed by atoms with van der Waals surface area (Å²) in [5.74, 6) is 2.71. The number of aryl methyl sites for hydroxylation is 2. The molecule has 4 nitrogen and oxygen atoms in total. The number of hydrogen-bond acceptors (Lipinski definition) is 4. The molecule has 2 aromatic rings. The second kappa shape index (κ2) is 9.82. The van der Waals surface area contributed by atoms with Gasteiger partial charge in [-0.15, -0.1) is 0 Å². The van der Waals surface area contributed by atoms with Crippen LogP contribution in [0.4, 0.5) is 0 Å². The van der Waals surface area contributed by atoms with Crippen LogP contribution in [0.3, 0.4) is 0 Å². The summed E-state index contributed by atoms with van der Waals surface area (Å²) in [6.45, 7) is 7.74. The molecular formula is C21H28O4.